The number of pyridine rings is 1. The minimum absolute atomic E-state index is 0.199. The van der Waals surface area contributed by atoms with Gasteiger partial charge in [0, 0.05) is 17.8 Å². The molecule has 1 aliphatic rings. The number of thiocarbonyl (C=S) groups is 1. The Balaban J connectivity index is 2.02. The maximum Gasteiger partial charge on any atom is 0.273 e. The molecule has 4 nitrogen and oxygen atoms in total. The van der Waals surface area contributed by atoms with Crippen molar-refractivity contribution in [2.45, 2.75) is 0 Å². The molecule has 0 atom stereocenters. The topological polar surface area (TPSA) is 54.0 Å². The van der Waals surface area contributed by atoms with Gasteiger partial charge in [0.25, 0.3) is 5.91 Å². The van der Waals surface area contributed by atoms with E-state index in [0.29, 0.717) is 10.8 Å². The standard InChI is InChI=1S/C13H9N3OS/c17-12-11(15-13(18)16-12)6-8-1-2-10-7-14-4-3-9(10)5-8/h1-7H,(H2,15,16,17,18)/b11-6-. The highest BCUT2D eigenvalue weighted by atomic mass is 32.1. The molecule has 1 aliphatic heterocycles. The first-order valence-corrected chi connectivity index (χ1v) is 5.81. The van der Waals surface area contributed by atoms with E-state index in [1.165, 1.54) is 0 Å². The van der Waals surface area contributed by atoms with Gasteiger partial charge in [0.1, 0.15) is 5.70 Å². The van der Waals surface area contributed by atoms with E-state index in [9.17, 15) is 4.79 Å². The maximum absolute atomic E-state index is 11.5. The minimum Gasteiger partial charge on any atom is -0.328 e. The van der Waals surface area contributed by atoms with Crippen LogP contribution in [0.2, 0.25) is 0 Å². The summed E-state index contributed by atoms with van der Waals surface area (Å²) in [7, 11) is 0. The van der Waals surface area contributed by atoms with Gasteiger partial charge in [-0.15, -0.1) is 0 Å². The van der Waals surface area contributed by atoms with Crippen molar-refractivity contribution in [1.82, 2.24) is 15.6 Å². The van der Waals surface area contributed by atoms with Crippen LogP contribution in [0.15, 0.2) is 42.4 Å². The smallest absolute Gasteiger partial charge is 0.273 e. The number of nitrogens with one attached hydrogen (secondary N) is 2. The average molecular weight is 255 g/mol. The highest BCUT2D eigenvalue weighted by molar-refractivity contribution is 7.80. The molecule has 2 N–H and O–H groups in total. The number of hydrogen-bond acceptors (Lipinski definition) is 3. The summed E-state index contributed by atoms with van der Waals surface area (Å²) in [6.07, 6.45) is 5.32. The molecule has 88 valence electrons. The number of carbonyl (C=O) groups excluding carboxylic acids is 1. The molecule has 0 unspecified atom stereocenters. The van der Waals surface area contributed by atoms with Crippen LogP contribution in [-0.4, -0.2) is 16.0 Å². The number of carbonyl (C=O) groups is 1. The van der Waals surface area contributed by atoms with Crippen molar-refractivity contribution in [3.63, 3.8) is 0 Å². The second-order valence-electron chi connectivity index (χ2n) is 3.95. The number of fused-ring (bicyclic) bond motifs is 1. The summed E-state index contributed by atoms with van der Waals surface area (Å²) in [6.45, 7) is 0. The summed E-state index contributed by atoms with van der Waals surface area (Å²) in [6, 6.07) is 7.84. The lowest BCUT2D eigenvalue weighted by molar-refractivity contribution is -0.115. The fourth-order valence-corrected chi connectivity index (χ4v) is 2.04. The second-order valence-corrected chi connectivity index (χ2v) is 4.36. The van der Waals surface area contributed by atoms with Gasteiger partial charge in [-0.2, -0.15) is 0 Å². The zero-order chi connectivity index (χ0) is 12.5. The SMILES string of the molecule is O=C1NC(=S)N/C1=C\c1ccc2cnccc2c1. The number of aromatic nitrogens is 1. The van der Waals surface area contributed by atoms with Crippen LogP contribution < -0.4 is 10.6 Å². The van der Waals surface area contributed by atoms with E-state index in [4.69, 9.17) is 12.2 Å². The van der Waals surface area contributed by atoms with E-state index < -0.39 is 0 Å². The average Bonchev–Trinajstić information content (AvgIpc) is 2.68. The zero-order valence-corrected chi connectivity index (χ0v) is 10.1. The van der Waals surface area contributed by atoms with Gasteiger partial charge in [-0.05, 0) is 41.4 Å². The van der Waals surface area contributed by atoms with Gasteiger partial charge >= 0.3 is 0 Å². The quantitative estimate of drug-likeness (QED) is 0.600. The van der Waals surface area contributed by atoms with Gasteiger partial charge in [-0.1, -0.05) is 12.1 Å². The van der Waals surface area contributed by atoms with Crippen LogP contribution >= 0.6 is 12.2 Å². The van der Waals surface area contributed by atoms with Gasteiger partial charge in [0.05, 0.1) is 0 Å². The molecule has 3 rings (SSSR count). The fraction of sp³-hybridized carbons (Fsp3) is 0. The summed E-state index contributed by atoms with van der Waals surface area (Å²) in [5, 5.41) is 7.84. The van der Waals surface area contributed by atoms with Crippen molar-refractivity contribution < 1.29 is 4.79 Å². The number of benzene rings is 1. The molecule has 0 saturated carbocycles. The molecule has 1 saturated heterocycles. The van der Waals surface area contributed by atoms with E-state index >= 15 is 0 Å². The van der Waals surface area contributed by atoms with Crippen LogP contribution in [0.3, 0.4) is 0 Å². The lowest BCUT2D eigenvalue weighted by Crippen LogP contribution is -2.21. The van der Waals surface area contributed by atoms with Crippen molar-refractivity contribution in [3.05, 3.63) is 47.9 Å². The summed E-state index contributed by atoms with van der Waals surface area (Å²) in [5.74, 6) is -0.199. The van der Waals surface area contributed by atoms with Crippen molar-refractivity contribution in [2.24, 2.45) is 0 Å². The molecule has 2 aromatic rings. The van der Waals surface area contributed by atoms with Gasteiger partial charge in [-0.3, -0.25) is 15.1 Å². The van der Waals surface area contributed by atoms with E-state index in [1.54, 1.807) is 12.3 Å². The number of rotatable bonds is 1. The summed E-state index contributed by atoms with van der Waals surface area (Å²) < 4.78 is 0. The molecule has 5 heteroatoms. The Bertz CT molecular complexity index is 693. The van der Waals surface area contributed by atoms with Gasteiger partial charge in [0.2, 0.25) is 0 Å². The predicted molar refractivity (Wildman–Crippen MR) is 73.6 cm³/mol. The first-order valence-electron chi connectivity index (χ1n) is 5.40. The van der Waals surface area contributed by atoms with Gasteiger partial charge in [-0.25, -0.2) is 0 Å². The summed E-state index contributed by atoms with van der Waals surface area (Å²) in [4.78, 5) is 15.6. The first kappa shape index (κ1) is 10.9. The van der Waals surface area contributed by atoms with Crippen molar-refractivity contribution in [1.29, 1.82) is 0 Å². The van der Waals surface area contributed by atoms with Crippen LogP contribution in [0.5, 0.6) is 0 Å². The lowest BCUT2D eigenvalue weighted by Gasteiger charge is -2.00. The molecule has 1 aromatic carbocycles. The Morgan fingerprint density at radius 3 is 2.83 bits per heavy atom. The number of amides is 1. The van der Waals surface area contributed by atoms with Crippen molar-refractivity contribution >= 4 is 40.1 Å². The minimum atomic E-state index is -0.199. The molecular weight excluding hydrogens is 246 g/mol. The van der Waals surface area contributed by atoms with Crippen LogP contribution in [0.25, 0.3) is 16.8 Å². The van der Waals surface area contributed by atoms with Gasteiger partial charge < -0.3 is 5.32 Å². The monoisotopic (exact) mass is 255 g/mol. The molecule has 0 bridgehead atoms. The molecule has 0 aliphatic carbocycles. The third-order valence-corrected chi connectivity index (χ3v) is 2.90. The van der Waals surface area contributed by atoms with Crippen LogP contribution in [0, 0.1) is 0 Å². The van der Waals surface area contributed by atoms with E-state index in [1.807, 2.05) is 30.5 Å². The third-order valence-electron chi connectivity index (χ3n) is 2.70. The molecule has 1 aromatic heterocycles. The van der Waals surface area contributed by atoms with Crippen LogP contribution in [0.1, 0.15) is 5.56 Å². The molecule has 18 heavy (non-hydrogen) atoms. The maximum atomic E-state index is 11.5. The second kappa shape index (κ2) is 4.19. The molecule has 1 fully saturated rings. The Morgan fingerprint density at radius 2 is 2.06 bits per heavy atom. The molecule has 2 heterocycles. The lowest BCUT2D eigenvalue weighted by atomic mass is 10.1. The highest BCUT2D eigenvalue weighted by Crippen LogP contribution is 2.16. The van der Waals surface area contributed by atoms with E-state index in [2.05, 4.69) is 15.6 Å². The largest absolute Gasteiger partial charge is 0.328 e. The zero-order valence-electron chi connectivity index (χ0n) is 9.31. The molecule has 1 amide bonds. The van der Waals surface area contributed by atoms with Crippen molar-refractivity contribution in [3.8, 4) is 0 Å². The Hall–Kier alpha value is -2.27. The van der Waals surface area contributed by atoms with E-state index in [0.717, 1.165) is 16.3 Å². The molecular formula is C13H9N3OS. The van der Waals surface area contributed by atoms with Crippen LogP contribution in [0.4, 0.5) is 0 Å². The Kier molecular flexibility index (Phi) is 2.53. The Morgan fingerprint density at radius 1 is 1.17 bits per heavy atom. The third kappa shape index (κ3) is 1.96. The summed E-state index contributed by atoms with van der Waals surface area (Å²) in [5.41, 5.74) is 1.41. The fourth-order valence-electron chi connectivity index (χ4n) is 1.84. The first-order chi connectivity index (χ1) is 8.72. The van der Waals surface area contributed by atoms with E-state index in [-0.39, 0.29) is 5.91 Å². The summed E-state index contributed by atoms with van der Waals surface area (Å²) >= 11 is 4.87. The number of nitrogens with zero attached hydrogens (tertiary/aromatic N) is 1. The Labute approximate surface area is 109 Å². The predicted octanol–water partition coefficient (Wildman–Crippen LogP) is 1.58. The molecule has 0 radical (unpaired) electrons. The van der Waals surface area contributed by atoms with Gasteiger partial charge in [0.15, 0.2) is 5.11 Å². The van der Waals surface area contributed by atoms with Crippen molar-refractivity contribution in [2.75, 3.05) is 0 Å². The molecule has 0 spiro atoms. The van der Waals surface area contributed by atoms with Crippen LogP contribution in [-0.2, 0) is 4.79 Å². The normalized spacial score (nSPS) is 17.0. The highest BCUT2D eigenvalue weighted by Gasteiger charge is 2.19. The number of hydrogen-bond donors (Lipinski definition) is 2.